The first-order valence-corrected chi connectivity index (χ1v) is 6.86. The maximum Gasteiger partial charge on any atom is 0.241 e. The van der Waals surface area contributed by atoms with Gasteiger partial charge in [0.15, 0.2) is 0 Å². The van der Waals surface area contributed by atoms with Crippen molar-refractivity contribution in [1.29, 1.82) is 0 Å². The maximum absolute atomic E-state index is 12.2. The Morgan fingerprint density at radius 1 is 1.05 bits per heavy atom. The zero-order valence-corrected chi connectivity index (χ0v) is 12.2. The molecule has 0 radical (unpaired) electrons. The molecule has 0 saturated heterocycles. The third kappa shape index (κ3) is 3.83. The van der Waals surface area contributed by atoms with Gasteiger partial charge in [0.2, 0.25) is 5.91 Å². The first-order chi connectivity index (χ1) is 10.1. The molecule has 2 aromatic carbocycles. The molecule has 110 valence electrons. The summed E-state index contributed by atoms with van der Waals surface area (Å²) in [7, 11) is 1.62. The molecule has 1 amide bonds. The van der Waals surface area contributed by atoms with Gasteiger partial charge >= 0.3 is 0 Å². The van der Waals surface area contributed by atoms with Gasteiger partial charge in [0.1, 0.15) is 11.8 Å². The van der Waals surface area contributed by atoms with Gasteiger partial charge in [-0.05, 0) is 30.2 Å². The lowest BCUT2D eigenvalue weighted by molar-refractivity contribution is -0.123. The smallest absolute Gasteiger partial charge is 0.241 e. The quantitative estimate of drug-likeness (QED) is 0.887. The fraction of sp³-hybridized carbons (Fsp3) is 0.235. The summed E-state index contributed by atoms with van der Waals surface area (Å²) in [6.07, 6.45) is 0. The number of nitrogens with two attached hydrogens (primary N) is 1. The minimum absolute atomic E-state index is 0.113. The monoisotopic (exact) mass is 284 g/mol. The summed E-state index contributed by atoms with van der Waals surface area (Å²) < 4.78 is 5.12. The summed E-state index contributed by atoms with van der Waals surface area (Å²) in [5, 5.41) is 2.93. The van der Waals surface area contributed by atoms with Gasteiger partial charge in [0, 0.05) is 0 Å². The lowest BCUT2D eigenvalue weighted by atomic mass is 10.0. The molecule has 0 unspecified atom stereocenters. The van der Waals surface area contributed by atoms with E-state index in [0.29, 0.717) is 0 Å². The third-order valence-electron chi connectivity index (χ3n) is 3.42. The Bertz CT molecular complexity index is 581. The summed E-state index contributed by atoms with van der Waals surface area (Å²) >= 11 is 0. The molecule has 2 aromatic rings. The number of hydrogen-bond acceptors (Lipinski definition) is 3. The second-order valence-corrected chi connectivity index (χ2v) is 4.89. The topological polar surface area (TPSA) is 64.3 Å². The highest BCUT2D eigenvalue weighted by Crippen LogP contribution is 2.18. The number of carbonyl (C=O) groups is 1. The van der Waals surface area contributed by atoms with E-state index in [2.05, 4.69) is 5.32 Å². The summed E-state index contributed by atoms with van der Waals surface area (Å²) in [4.78, 5) is 12.2. The minimum Gasteiger partial charge on any atom is -0.497 e. The number of ether oxygens (including phenoxy) is 1. The van der Waals surface area contributed by atoms with Gasteiger partial charge < -0.3 is 15.8 Å². The van der Waals surface area contributed by atoms with Gasteiger partial charge in [-0.1, -0.05) is 42.5 Å². The SMILES string of the molecule is COc1ccc([C@@H](C)NC(=O)[C@@H](N)c2ccccc2)cc1. The van der Waals surface area contributed by atoms with E-state index in [4.69, 9.17) is 10.5 Å². The molecule has 0 aliphatic rings. The molecule has 4 nitrogen and oxygen atoms in total. The Morgan fingerprint density at radius 3 is 2.24 bits per heavy atom. The predicted molar refractivity (Wildman–Crippen MR) is 82.9 cm³/mol. The van der Waals surface area contributed by atoms with Crippen molar-refractivity contribution in [2.45, 2.75) is 19.0 Å². The van der Waals surface area contributed by atoms with Crippen molar-refractivity contribution in [3.63, 3.8) is 0 Å². The molecule has 21 heavy (non-hydrogen) atoms. The molecule has 0 heterocycles. The summed E-state index contributed by atoms with van der Waals surface area (Å²) in [5.74, 6) is 0.600. The van der Waals surface area contributed by atoms with Crippen LogP contribution in [0.3, 0.4) is 0 Å². The highest BCUT2D eigenvalue weighted by atomic mass is 16.5. The van der Waals surface area contributed by atoms with Gasteiger partial charge in [-0.3, -0.25) is 4.79 Å². The van der Waals surface area contributed by atoms with Crippen LogP contribution in [0.4, 0.5) is 0 Å². The van der Waals surface area contributed by atoms with Crippen molar-refractivity contribution >= 4 is 5.91 Å². The Kier molecular flexibility index (Phi) is 4.95. The minimum atomic E-state index is -0.660. The van der Waals surface area contributed by atoms with E-state index in [1.54, 1.807) is 7.11 Å². The zero-order valence-electron chi connectivity index (χ0n) is 12.2. The number of benzene rings is 2. The highest BCUT2D eigenvalue weighted by molar-refractivity contribution is 5.83. The molecule has 0 saturated carbocycles. The summed E-state index contributed by atoms with van der Waals surface area (Å²) in [6, 6.07) is 16.2. The van der Waals surface area contributed by atoms with Gasteiger partial charge in [-0.25, -0.2) is 0 Å². The predicted octanol–water partition coefficient (Wildman–Crippen LogP) is 2.57. The van der Waals surface area contributed by atoms with Crippen LogP contribution >= 0.6 is 0 Å². The van der Waals surface area contributed by atoms with E-state index in [1.807, 2.05) is 61.5 Å². The normalized spacial score (nSPS) is 13.3. The molecule has 0 fully saturated rings. The first kappa shape index (κ1) is 15.1. The lowest BCUT2D eigenvalue weighted by Crippen LogP contribution is -2.35. The van der Waals surface area contributed by atoms with Crippen LogP contribution < -0.4 is 15.8 Å². The van der Waals surface area contributed by atoms with E-state index in [-0.39, 0.29) is 11.9 Å². The lowest BCUT2D eigenvalue weighted by Gasteiger charge is -2.18. The van der Waals surface area contributed by atoms with E-state index in [0.717, 1.165) is 16.9 Å². The number of amides is 1. The van der Waals surface area contributed by atoms with Crippen molar-refractivity contribution < 1.29 is 9.53 Å². The van der Waals surface area contributed by atoms with E-state index in [9.17, 15) is 4.79 Å². The summed E-state index contributed by atoms with van der Waals surface area (Å²) in [6.45, 7) is 1.93. The Hall–Kier alpha value is -2.33. The van der Waals surface area contributed by atoms with Crippen molar-refractivity contribution in [2.75, 3.05) is 7.11 Å². The van der Waals surface area contributed by atoms with Gasteiger partial charge in [-0.2, -0.15) is 0 Å². The molecule has 0 aliphatic heterocycles. The molecular formula is C17H20N2O2. The fourth-order valence-corrected chi connectivity index (χ4v) is 2.09. The first-order valence-electron chi connectivity index (χ1n) is 6.86. The summed E-state index contributed by atoms with van der Waals surface area (Å²) in [5.41, 5.74) is 7.79. The molecule has 3 N–H and O–H groups in total. The molecule has 0 aliphatic carbocycles. The average molecular weight is 284 g/mol. The van der Waals surface area contributed by atoms with Crippen LogP contribution in [0.5, 0.6) is 5.75 Å². The van der Waals surface area contributed by atoms with Gasteiger partial charge in [0.05, 0.1) is 13.2 Å². The molecular weight excluding hydrogens is 264 g/mol. The van der Waals surface area contributed by atoms with Gasteiger partial charge in [-0.15, -0.1) is 0 Å². The van der Waals surface area contributed by atoms with Crippen LogP contribution in [-0.4, -0.2) is 13.0 Å². The average Bonchev–Trinajstić information content (AvgIpc) is 2.55. The molecule has 2 atom stereocenters. The van der Waals surface area contributed by atoms with Crippen LogP contribution in [-0.2, 0) is 4.79 Å². The largest absolute Gasteiger partial charge is 0.497 e. The zero-order chi connectivity index (χ0) is 15.2. The number of rotatable bonds is 5. The standard InChI is InChI=1S/C17H20N2O2/c1-12(13-8-10-15(21-2)11-9-13)19-17(20)16(18)14-6-4-3-5-7-14/h3-12,16H,18H2,1-2H3,(H,19,20)/t12-,16+/m1/s1. The highest BCUT2D eigenvalue weighted by Gasteiger charge is 2.18. The fourth-order valence-electron chi connectivity index (χ4n) is 2.09. The van der Waals surface area contributed by atoms with Gasteiger partial charge in [0.25, 0.3) is 0 Å². The third-order valence-corrected chi connectivity index (χ3v) is 3.42. The maximum atomic E-state index is 12.2. The second-order valence-electron chi connectivity index (χ2n) is 4.89. The Morgan fingerprint density at radius 2 is 1.67 bits per heavy atom. The number of nitrogens with one attached hydrogen (secondary N) is 1. The van der Waals surface area contributed by atoms with Crippen molar-refractivity contribution in [1.82, 2.24) is 5.32 Å². The van der Waals surface area contributed by atoms with E-state index >= 15 is 0 Å². The van der Waals surface area contributed by atoms with Crippen LogP contribution in [0.1, 0.15) is 30.1 Å². The van der Waals surface area contributed by atoms with E-state index in [1.165, 1.54) is 0 Å². The van der Waals surface area contributed by atoms with Crippen LogP contribution in [0.15, 0.2) is 54.6 Å². The molecule has 0 bridgehead atoms. The van der Waals surface area contributed by atoms with Crippen molar-refractivity contribution in [3.05, 3.63) is 65.7 Å². The van der Waals surface area contributed by atoms with Crippen LogP contribution in [0, 0.1) is 0 Å². The van der Waals surface area contributed by atoms with Crippen molar-refractivity contribution in [3.8, 4) is 5.75 Å². The Balaban J connectivity index is 2.01. The second kappa shape index (κ2) is 6.90. The van der Waals surface area contributed by atoms with E-state index < -0.39 is 6.04 Å². The molecule has 0 spiro atoms. The number of methoxy groups -OCH3 is 1. The molecule has 2 rings (SSSR count). The Labute approximate surface area is 124 Å². The number of carbonyl (C=O) groups excluding carboxylic acids is 1. The molecule has 4 heteroatoms. The van der Waals surface area contributed by atoms with Crippen LogP contribution in [0.25, 0.3) is 0 Å². The molecule has 0 aromatic heterocycles. The van der Waals surface area contributed by atoms with Crippen molar-refractivity contribution in [2.24, 2.45) is 5.73 Å². The number of hydrogen-bond donors (Lipinski definition) is 2. The van der Waals surface area contributed by atoms with Crippen LogP contribution in [0.2, 0.25) is 0 Å².